The largest absolute Gasteiger partial charge is 0.394 e. The third-order valence-electron chi connectivity index (χ3n) is 3.33. The van der Waals surface area contributed by atoms with Crippen LogP contribution in [-0.4, -0.2) is 28.8 Å². The van der Waals surface area contributed by atoms with Crippen molar-refractivity contribution in [2.75, 3.05) is 12.9 Å². The van der Waals surface area contributed by atoms with Crippen LogP contribution in [0.3, 0.4) is 0 Å². The minimum absolute atomic E-state index is 0.125. The van der Waals surface area contributed by atoms with E-state index in [-0.39, 0.29) is 12.1 Å². The van der Waals surface area contributed by atoms with Crippen molar-refractivity contribution in [3.05, 3.63) is 0 Å². The fourth-order valence-electron chi connectivity index (χ4n) is 2.03. The number of aliphatic hydroxyl groups excluding tert-OH is 1. The van der Waals surface area contributed by atoms with Gasteiger partial charge in [0.2, 0.25) is 0 Å². The van der Waals surface area contributed by atoms with Crippen molar-refractivity contribution in [3.63, 3.8) is 0 Å². The Kier molecular flexibility index (Phi) is 3.31. The maximum atomic E-state index is 9.20. The summed E-state index contributed by atoms with van der Waals surface area (Å²) in [5, 5.41) is 9.78. The van der Waals surface area contributed by atoms with Crippen LogP contribution < -0.4 is 5.73 Å². The minimum Gasteiger partial charge on any atom is -0.394 e. The minimum atomic E-state index is -0.316. The zero-order valence-electron chi connectivity index (χ0n) is 8.84. The Morgan fingerprint density at radius 1 is 1.46 bits per heavy atom. The van der Waals surface area contributed by atoms with Crippen molar-refractivity contribution in [1.82, 2.24) is 0 Å². The molecule has 78 valence electrons. The molecule has 0 aromatic rings. The van der Waals surface area contributed by atoms with Crippen LogP contribution in [-0.2, 0) is 0 Å². The van der Waals surface area contributed by atoms with Gasteiger partial charge in [0.15, 0.2) is 0 Å². The number of hydrogen-bond donors (Lipinski definition) is 2. The maximum Gasteiger partial charge on any atom is 0.0611 e. The van der Waals surface area contributed by atoms with Gasteiger partial charge in [-0.25, -0.2) is 0 Å². The summed E-state index contributed by atoms with van der Waals surface area (Å²) in [7, 11) is 0. The van der Waals surface area contributed by atoms with Crippen molar-refractivity contribution >= 4 is 11.8 Å². The van der Waals surface area contributed by atoms with E-state index in [1.807, 2.05) is 11.8 Å². The average molecular weight is 203 g/mol. The Bertz CT molecular complexity index is 184. The standard InChI is InChI=1S/C10H21NOS/c1-9(2)4-5-10(11,7-12)6-8(9)13-3/h8,12H,4-7,11H2,1-3H3. The van der Waals surface area contributed by atoms with E-state index in [9.17, 15) is 5.11 Å². The third-order valence-corrected chi connectivity index (χ3v) is 4.70. The molecule has 3 heteroatoms. The number of hydrogen-bond acceptors (Lipinski definition) is 3. The monoisotopic (exact) mass is 203 g/mol. The predicted molar refractivity (Wildman–Crippen MR) is 58.9 cm³/mol. The first-order valence-corrected chi connectivity index (χ1v) is 6.15. The zero-order chi connectivity index (χ0) is 10.1. The van der Waals surface area contributed by atoms with Crippen LogP contribution in [0.5, 0.6) is 0 Å². The number of thioether (sulfide) groups is 1. The van der Waals surface area contributed by atoms with Crippen LogP contribution in [0.15, 0.2) is 0 Å². The Morgan fingerprint density at radius 2 is 2.08 bits per heavy atom. The van der Waals surface area contributed by atoms with E-state index in [2.05, 4.69) is 20.1 Å². The van der Waals surface area contributed by atoms with Crippen LogP contribution in [0, 0.1) is 5.41 Å². The molecule has 1 aliphatic carbocycles. The summed E-state index contributed by atoms with van der Waals surface area (Å²) in [4.78, 5) is 0. The fraction of sp³-hybridized carbons (Fsp3) is 1.00. The fourth-order valence-corrected chi connectivity index (χ4v) is 3.28. The molecule has 2 nitrogen and oxygen atoms in total. The molecule has 3 N–H and O–H groups in total. The molecular formula is C10H21NOS. The first-order chi connectivity index (χ1) is 5.93. The molecule has 13 heavy (non-hydrogen) atoms. The topological polar surface area (TPSA) is 46.2 Å². The molecule has 1 saturated carbocycles. The van der Waals surface area contributed by atoms with E-state index in [4.69, 9.17) is 5.73 Å². The molecule has 0 aromatic carbocycles. The van der Waals surface area contributed by atoms with E-state index >= 15 is 0 Å². The molecule has 1 rings (SSSR count). The Labute approximate surface area is 85.3 Å². The van der Waals surface area contributed by atoms with E-state index in [0.29, 0.717) is 10.7 Å². The number of rotatable bonds is 2. The maximum absolute atomic E-state index is 9.20. The summed E-state index contributed by atoms with van der Waals surface area (Å²) in [6, 6.07) is 0. The highest BCUT2D eigenvalue weighted by atomic mass is 32.2. The lowest BCUT2D eigenvalue weighted by Crippen LogP contribution is -2.52. The molecule has 0 aromatic heterocycles. The number of aliphatic hydroxyl groups is 1. The molecule has 0 saturated heterocycles. The van der Waals surface area contributed by atoms with Gasteiger partial charge in [0.25, 0.3) is 0 Å². The SMILES string of the molecule is CSC1CC(N)(CO)CCC1(C)C. The first-order valence-electron chi connectivity index (χ1n) is 4.86. The van der Waals surface area contributed by atoms with Gasteiger partial charge in [-0.15, -0.1) is 0 Å². The smallest absolute Gasteiger partial charge is 0.0611 e. The molecule has 0 spiro atoms. The predicted octanol–water partition coefficient (Wildman–Crippen LogP) is 1.62. The molecule has 2 atom stereocenters. The summed E-state index contributed by atoms with van der Waals surface area (Å²) in [5.74, 6) is 0. The second-order valence-corrected chi connectivity index (χ2v) is 5.98. The molecular weight excluding hydrogens is 182 g/mol. The van der Waals surface area contributed by atoms with Crippen LogP contribution in [0.25, 0.3) is 0 Å². The van der Waals surface area contributed by atoms with Gasteiger partial charge in [-0.3, -0.25) is 0 Å². The van der Waals surface area contributed by atoms with Gasteiger partial charge in [0.1, 0.15) is 0 Å². The molecule has 0 bridgehead atoms. The Morgan fingerprint density at radius 3 is 2.54 bits per heavy atom. The lowest BCUT2D eigenvalue weighted by atomic mass is 9.69. The third kappa shape index (κ3) is 2.39. The van der Waals surface area contributed by atoms with Gasteiger partial charge in [0, 0.05) is 10.8 Å². The highest BCUT2D eigenvalue weighted by Crippen LogP contribution is 2.44. The van der Waals surface area contributed by atoms with Crippen LogP contribution >= 0.6 is 11.8 Å². The van der Waals surface area contributed by atoms with Crippen molar-refractivity contribution in [2.24, 2.45) is 11.1 Å². The van der Waals surface area contributed by atoms with Crippen molar-refractivity contribution < 1.29 is 5.11 Å². The quantitative estimate of drug-likeness (QED) is 0.717. The number of nitrogens with two attached hydrogens (primary N) is 1. The Hall–Kier alpha value is 0.270. The van der Waals surface area contributed by atoms with E-state index in [1.165, 1.54) is 0 Å². The summed E-state index contributed by atoms with van der Waals surface area (Å²) < 4.78 is 0. The second-order valence-electron chi connectivity index (χ2n) is 4.94. The molecule has 0 aliphatic heterocycles. The summed E-state index contributed by atoms with van der Waals surface area (Å²) in [6.07, 6.45) is 5.15. The molecule has 2 unspecified atom stereocenters. The van der Waals surface area contributed by atoms with Gasteiger partial charge in [0.05, 0.1) is 6.61 Å². The van der Waals surface area contributed by atoms with Crippen LogP contribution in [0.2, 0.25) is 0 Å². The lowest BCUT2D eigenvalue weighted by Gasteiger charge is -2.45. The van der Waals surface area contributed by atoms with Crippen LogP contribution in [0.1, 0.15) is 33.1 Å². The average Bonchev–Trinajstić information content (AvgIpc) is 2.10. The summed E-state index contributed by atoms with van der Waals surface area (Å²) in [6.45, 7) is 4.72. The molecule has 1 aliphatic rings. The van der Waals surface area contributed by atoms with Gasteiger partial charge in [-0.05, 0) is 30.9 Å². The molecule has 1 fully saturated rings. The van der Waals surface area contributed by atoms with Crippen molar-refractivity contribution in [3.8, 4) is 0 Å². The van der Waals surface area contributed by atoms with E-state index in [1.54, 1.807) is 0 Å². The Balaban J connectivity index is 2.68. The highest BCUT2D eigenvalue weighted by Gasteiger charge is 2.41. The van der Waals surface area contributed by atoms with Gasteiger partial charge < -0.3 is 10.8 Å². The summed E-state index contributed by atoms with van der Waals surface area (Å²) in [5.41, 5.74) is 6.14. The first kappa shape index (κ1) is 11.3. The van der Waals surface area contributed by atoms with Crippen molar-refractivity contribution in [2.45, 2.75) is 43.9 Å². The molecule has 0 radical (unpaired) electrons. The summed E-state index contributed by atoms with van der Waals surface area (Å²) >= 11 is 1.88. The van der Waals surface area contributed by atoms with Crippen LogP contribution in [0.4, 0.5) is 0 Å². The van der Waals surface area contributed by atoms with E-state index < -0.39 is 0 Å². The van der Waals surface area contributed by atoms with E-state index in [0.717, 1.165) is 19.3 Å². The second kappa shape index (κ2) is 3.79. The molecule has 0 amide bonds. The van der Waals surface area contributed by atoms with Crippen molar-refractivity contribution in [1.29, 1.82) is 0 Å². The van der Waals surface area contributed by atoms with Gasteiger partial charge in [-0.1, -0.05) is 13.8 Å². The highest BCUT2D eigenvalue weighted by molar-refractivity contribution is 7.99. The lowest BCUT2D eigenvalue weighted by molar-refractivity contribution is 0.111. The van der Waals surface area contributed by atoms with Gasteiger partial charge in [-0.2, -0.15) is 11.8 Å². The normalized spacial score (nSPS) is 39.0. The zero-order valence-corrected chi connectivity index (χ0v) is 9.66. The molecule has 0 heterocycles. The van der Waals surface area contributed by atoms with Gasteiger partial charge >= 0.3 is 0 Å².